The van der Waals surface area contributed by atoms with Gasteiger partial charge in [0.05, 0.1) is 17.0 Å². The maximum absolute atomic E-state index is 12.8. The van der Waals surface area contributed by atoms with Crippen LogP contribution in [0.1, 0.15) is 36.3 Å². The molecule has 2 saturated heterocycles. The monoisotopic (exact) mass is 429 g/mol. The average molecular weight is 430 g/mol. The maximum Gasteiger partial charge on any atom is 0.223 e. The molecule has 2 aliphatic heterocycles. The van der Waals surface area contributed by atoms with Crippen LogP contribution in [0.3, 0.4) is 0 Å². The number of carbonyl (C=O) groups excluding carboxylic acids is 1. The first-order valence-electron chi connectivity index (χ1n) is 9.88. The second kappa shape index (κ2) is 7.72. The molecule has 0 N–H and O–H groups in total. The lowest BCUT2D eigenvalue weighted by Gasteiger charge is -2.41. The minimum Gasteiger partial charge on any atom is -0.360 e. The number of sulfone groups is 1. The van der Waals surface area contributed by atoms with E-state index in [4.69, 9.17) is 9.78 Å². The van der Waals surface area contributed by atoms with Crippen LogP contribution in [0.2, 0.25) is 0 Å². The van der Waals surface area contributed by atoms with Crippen LogP contribution in [0.4, 0.5) is 5.82 Å². The number of nitrogens with zero attached hydrogens (tertiary/aromatic N) is 5. The number of fused-ring (bicyclic) bond motifs is 2. The van der Waals surface area contributed by atoms with Gasteiger partial charge in [0, 0.05) is 37.8 Å². The zero-order chi connectivity index (χ0) is 21.5. The van der Waals surface area contributed by atoms with Gasteiger partial charge in [0.2, 0.25) is 5.91 Å². The van der Waals surface area contributed by atoms with Crippen LogP contribution in [-0.4, -0.2) is 60.3 Å². The number of hydrogen-bond acceptors (Lipinski definition) is 8. The molecule has 2 fully saturated rings. The molecule has 1 amide bonds. The Hall–Kier alpha value is -2.93. The van der Waals surface area contributed by atoms with Crippen molar-refractivity contribution in [3.05, 3.63) is 35.3 Å². The number of piperazine rings is 1. The molecule has 2 aliphatic rings. The fourth-order valence-electron chi connectivity index (χ4n) is 4.49. The highest BCUT2D eigenvalue weighted by Crippen LogP contribution is 2.34. The third-order valence-electron chi connectivity index (χ3n) is 5.84. The fraction of sp³-hybridized carbons (Fsp3) is 0.500. The van der Waals surface area contributed by atoms with Gasteiger partial charge in [0.25, 0.3) is 0 Å². The smallest absolute Gasteiger partial charge is 0.223 e. The minimum atomic E-state index is -3.63. The Balaban J connectivity index is 1.41. The molecule has 2 bridgehead atoms. The highest BCUT2D eigenvalue weighted by atomic mass is 32.2. The fourth-order valence-corrected chi connectivity index (χ4v) is 6.10. The topological polar surface area (TPSA) is 120 Å². The summed E-state index contributed by atoms with van der Waals surface area (Å²) in [5, 5.41) is 12.6. The second-order valence-electron chi connectivity index (χ2n) is 7.83. The summed E-state index contributed by atoms with van der Waals surface area (Å²) in [5.74, 6) is 0.646. The van der Waals surface area contributed by atoms with E-state index in [1.807, 2.05) is 6.07 Å². The first kappa shape index (κ1) is 20.3. The molecule has 0 radical (unpaired) electrons. The predicted octanol–water partition coefficient (Wildman–Crippen LogP) is 1.60. The van der Waals surface area contributed by atoms with Crippen LogP contribution in [-0.2, 0) is 14.6 Å². The van der Waals surface area contributed by atoms with Gasteiger partial charge in [0.1, 0.15) is 16.8 Å². The number of hydrogen-bond donors (Lipinski definition) is 0. The lowest BCUT2D eigenvalue weighted by molar-refractivity contribution is -0.131. The number of anilines is 1. The van der Waals surface area contributed by atoms with Gasteiger partial charge in [-0.2, -0.15) is 5.26 Å². The summed E-state index contributed by atoms with van der Waals surface area (Å²) in [6.45, 7) is 4.23. The van der Waals surface area contributed by atoms with E-state index >= 15 is 0 Å². The number of nitriles is 1. The van der Waals surface area contributed by atoms with Crippen LogP contribution in [0.5, 0.6) is 0 Å². The normalized spacial score (nSPS) is 21.0. The Bertz CT molecular complexity index is 1070. The van der Waals surface area contributed by atoms with Crippen molar-refractivity contribution >= 4 is 21.6 Å². The number of aryl methyl sites for hydroxylation is 2. The lowest BCUT2D eigenvalue weighted by Crippen LogP contribution is -2.55. The van der Waals surface area contributed by atoms with E-state index in [0.717, 1.165) is 18.7 Å². The van der Waals surface area contributed by atoms with Gasteiger partial charge in [-0.25, -0.2) is 13.4 Å². The number of amides is 1. The summed E-state index contributed by atoms with van der Waals surface area (Å²) in [6, 6.07) is 5.95. The van der Waals surface area contributed by atoms with Crippen molar-refractivity contribution in [3.8, 4) is 6.07 Å². The number of aromatic nitrogens is 2. The molecule has 158 valence electrons. The van der Waals surface area contributed by atoms with E-state index in [2.05, 4.69) is 21.1 Å². The molecule has 2 unspecified atom stereocenters. The number of carbonyl (C=O) groups is 1. The van der Waals surface area contributed by atoms with E-state index in [0.29, 0.717) is 24.3 Å². The van der Waals surface area contributed by atoms with Crippen LogP contribution in [0, 0.1) is 25.2 Å². The third kappa shape index (κ3) is 3.65. The molecule has 0 saturated carbocycles. The van der Waals surface area contributed by atoms with Crippen molar-refractivity contribution in [1.29, 1.82) is 5.26 Å². The summed E-state index contributed by atoms with van der Waals surface area (Å²) in [5.41, 5.74) is 0.834. The Labute approximate surface area is 175 Å². The van der Waals surface area contributed by atoms with Crippen LogP contribution in [0.15, 0.2) is 27.7 Å². The lowest BCUT2D eigenvalue weighted by atomic mass is 10.1. The quantitative estimate of drug-likeness (QED) is 0.703. The molecule has 0 aliphatic carbocycles. The van der Waals surface area contributed by atoms with E-state index < -0.39 is 9.84 Å². The van der Waals surface area contributed by atoms with Crippen LogP contribution in [0.25, 0.3) is 0 Å². The highest BCUT2D eigenvalue weighted by molar-refractivity contribution is 7.91. The molecule has 4 rings (SSSR count). The first-order valence-corrected chi connectivity index (χ1v) is 11.5. The molecule has 0 spiro atoms. The Morgan fingerprint density at radius 2 is 1.97 bits per heavy atom. The van der Waals surface area contributed by atoms with Crippen LogP contribution < -0.4 is 4.90 Å². The zero-order valence-electron chi connectivity index (χ0n) is 16.9. The zero-order valence-corrected chi connectivity index (χ0v) is 17.7. The Morgan fingerprint density at radius 1 is 1.27 bits per heavy atom. The van der Waals surface area contributed by atoms with Gasteiger partial charge in [0.15, 0.2) is 15.6 Å². The van der Waals surface area contributed by atoms with Gasteiger partial charge >= 0.3 is 0 Å². The number of likely N-dealkylation sites (tertiary alicyclic amines) is 1. The van der Waals surface area contributed by atoms with Gasteiger partial charge in [-0.1, -0.05) is 5.16 Å². The van der Waals surface area contributed by atoms with Gasteiger partial charge in [-0.15, -0.1) is 0 Å². The Morgan fingerprint density at radius 3 is 2.50 bits per heavy atom. The molecule has 2 atom stereocenters. The highest BCUT2D eigenvalue weighted by Gasteiger charge is 2.42. The standard InChI is InChI=1S/C20H23N5O4S/c1-13-20(14(2)29-23-13)30(27,28)8-7-19(26)24-11-16-4-5-17(12-24)25(16)18-6-3-15(9-21)10-22-18/h3,6,10,16-17H,4-5,7-8,11-12H2,1-2H3. The van der Waals surface area contributed by atoms with Crippen molar-refractivity contribution < 1.29 is 17.7 Å². The van der Waals surface area contributed by atoms with E-state index in [1.165, 1.54) is 0 Å². The van der Waals surface area contributed by atoms with Gasteiger partial charge in [-0.3, -0.25) is 4.79 Å². The van der Waals surface area contributed by atoms with Crippen molar-refractivity contribution in [2.24, 2.45) is 0 Å². The molecule has 4 heterocycles. The van der Waals surface area contributed by atoms with Gasteiger partial charge in [-0.05, 0) is 38.8 Å². The molecule has 30 heavy (non-hydrogen) atoms. The molecule has 2 aromatic heterocycles. The molecule has 2 aromatic rings. The van der Waals surface area contributed by atoms with Crippen molar-refractivity contribution in [2.45, 2.75) is 50.1 Å². The summed E-state index contributed by atoms with van der Waals surface area (Å²) < 4.78 is 30.2. The number of rotatable bonds is 5. The SMILES string of the molecule is Cc1noc(C)c1S(=O)(=O)CCC(=O)N1CC2CCC(C1)N2c1ccc(C#N)cn1. The summed E-state index contributed by atoms with van der Waals surface area (Å²) in [6.07, 6.45) is 3.40. The minimum absolute atomic E-state index is 0.0685. The molecule has 0 aromatic carbocycles. The second-order valence-corrected chi connectivity index (χ2v) is 9.88. The first-order chi connectivity index (χ1) is 14.3. The van der Waals surface area contributed by atoms with Gasteiger partial charge < -0.3 is 14.3 Å². The number of pyridine rings is 1. The molecular formula is C20H23N5O4S. The summed E-state index contributed by atoms with van der Waals surface area (Å²) in [4.78, 5) is 21.3. The van der Waals surface area contributed by atoms with Crippen molar-refractivity contribution in [2.75, 3.05) is 23.7 Å². The molecule has 10 heteroatoms. The summed E-state index contributed by atoms with van der Waals surface area (Å²) in [7, 11) is -3.63. The molecular weight excluding hydrogens is 406 g/mol. The predicted molar refractivity (Wildman–Crippen MR) is 107 cm³/mol. The van der Waals surface area contributed by atoms with Crippen molar-refractivity contribution in [3.63, 3.8) is 0 Å². The third-order valence-corrected chi connectivity index (χ3v) is 7.79. The largest absolute Gasteiger partial charge is 0.360 e. The Kier molecular flexibility index (Phi) is 5.24. The summed E-state index contributed by atoms with van der Waals surface area (Å²) >= 11 is 0. The van der Waals surface area contributed by atoms with E-state index in [1.54, 1.807) is 31.0 Å². The maximum atomic E-state index is 12.8. The van der Waals surface area contributed by atoms with E-state index in [-0.39, 0.29) is 40.8 Å². The van der Waals surface area contributed by atoms with Crippen molar-refractivity contribution in [1.82, 2.24) is 15.0 Å². The molecule has 9 nitrogen and oxygen atoms in total. The van der Waals surface area contributed by atoms with Crippen LogP contribution >= 0.6 is 0 Å². The average Bonchev–Trinajstić information content (AvgIpc) is 3.21. The van der Waals surface area contributed by atoms with E-state index in [9.17, 15) is 13.2 Å².